The highest BCUT2D eigenvalue weighted by Gasteiger charge is 2.13. The first kappa shape index (κ1) is 12.2. The predicted octanol–water partition coefficient (Wildman–Crippen LogP) is 2.71. The lowest BCUT2D eigenvalue weighted by atomic mass is 10.2. The van der Waals surface area contributed by atoms with Gasteiger partial charge in [-0.05, 0) is 33.6 Å². The summed E-state index contributed by atoms with van der Waals surface area (Å²) in [4.78, 5) is 16.9. The SMILES string of the molecule is O=P(O)(O)OCc1ccc(Cl)c(Br)c1. The Bertz CT molecular complexity index is 378. The van der Waals surface area contributed by atoms with Gasteiger partial charge < -0.3 is 9.79 Å². The summed E-state index contributed by atoms with van der Waals surface area (Å²) in [6, 6.07) is 4.88. The fourth-order valence-electron chi connectivity index (χ4n) is 0.788. The summed E-state index contributed by atoms with van der Waals surface area (Å²) in [6.07, 6.45) is 0. The predicted molar refractivity (Wildman–Crippen MR) is 56.0 cm³/mol. The summed E-state index contributed by atoms with van der Waals surface area (Å²) in [5.74, 6) is 0. The van der Waals surface area contributed by atoms with Gasteiger partial charge in [0.25, 0.3) is 0 Å². The van der Waals surface area contributed by atoms with Crippen molar-refractivity contribution >= 4 is 35.4 Å². The van der Waals surface area contributed by atoms with Crippen LogP contribution in [0.1, 0.15) is 5.56 Å². The van der Waals surface area contributed by atoms with Crippen LogP contribution in [0.25, 0.3) is 0 Å². The van der Waals surface area contributed by atoms with Gasteiger partial charge in [0.2, 0.25) is 0 Å². The summed E-state index contributed by atoms with van der Waals surface area (Å²) in [6.45, 7) is -0.153. The summed E-state index contributed by atoms with van der Waals surface area (Å²) in [7, 11) is -4.41. The molecule has 0 amide bonds. The lowest BCUT2D eigenvalue weighted by Gasteiger charge is -2.05. The first-order chi connectivity index (χ1) is 6.38. The van der Waals surface area contributed by atoms with E-state index in [9.17, 15) is 4.57 Å². The lowest BCUT2D eigenvalue weighted by Crippen LogP contribution is -1.90. The van der Waals surface area contributed by atoms with E-state index in [4.69, 9.17) is 21.4 Å². The highest BCUT2D eigenvalue weighted by molar-refractivity contribution is 9.10. The van der Waals surface area contributed by atoms with Crippen molar-refractivity contribution in [2.24, 2.45) is 0 Å². The molecule has 0 aromatic heterocycles. The van der Waals surface area contributed by atoms with Crippen molar-refractivity contribution in [1.29, 1.82) is 0 Å². The first-order valence-electron chi connectivity index (χ1n) is 3.52. The van der Waals surface area contributed by atoms with Crippen molar-refractivity contribution in [3.63, 3.8) is 0 Å². The van der Waals surface area contributed by atoms with Crippen molar-refractivity contribution < 1.29 is 18.9 Å². The number of hydrogen-bond acceptors (Lipinski definition) is 2. The molecular weight excluding hydrogens is 294 g/mol. The summed E-state index contributed by atoms with van der Waals surface area (Å²) in [5.41, 5.74) is 0.629. The van der Waals surface area contributed by atoms with Crippen molar-refractivity contribution in [2.45, 2.75) is 6.61 Å². The molecule has 1 aromatic rings. The minimum absolute atomic E-state index is 0.153. The number of hydrogen-bond donors (Lipinski definition) is 2. The van der Waals surface area contributed by atoms with E-state index in [1.54, 1.807) is 18.2 Å². The van der Waals surface area contributed by atoms with Crippen LogP contribution in [0, 0.1) is 0 Å². The van der Waals surface area contributed by atoms with E-state index in [2.05, 4.69) is 20.5 Å². The van der Waals surface area contributed by atoms with E-state index in [0.29, 0.717) is 15.1 Å². The van der Waals surface area contributed by atoms with Gasteiger partial charge in [0.15, 0.2) is 0 Å². The number of halogens is 2. The maximum absolute atomic E-state index is 10.4. The lowest BCUT2D eigenvalue weighted by molar-refractivity contribution is 0.189. The zero-order chi connectivity index (χ0) is 10.8. The summed E-state index contributed by atoms with van der Waals surface area (Å²) >= 11 is 8.91. The Morgan fingerprint density at radius 3 is 2.64 bits per heavy atom. The summed E-state index contributed by atoms with van der Waals surface area (Å²) in [5, 5.41) is 0.532. The molecule has 0 saturated heterocycles. The van der Waals surface area contributed by atoms with Crippen LogP contribution in [0.2, 0.25) is 5.02 Å². The van der Waals surface area contributed by atoms with Gasteiger partial charge in [-0.2, -0.15) is 0 Å². The second-order valence-electron chi connectivity index (χ2n) is 2.51. The van der Waals surface area contributed by atoms with E-state index in [1.807, 2.05) is 0 Å². The van der Waals surface area contributed by atoms with E-state index in [1.165, 1.54) is 0 Å². The first-order valence-corrected chi connectivity index (χ1v) is 6.22. The van der Waals surface area contributed by atoms with Crippen molar-refractivity contribution in [3.05, 3.63) is 33.3 Å². The molecule has 0 radical (unpaired) electrons. The fourth-order valence-corrected chi connectivity index (χ4v) is 1.65. The van der Waals surface area contributed by atoms with E-state index in [-0.39, 0.29) is 6.61 Å². The van der Waals surface area contributed by atoms with Gasteiger partial charge in [0.05, 0.1) is 11.6 Å². The van der Waals surface area contributed by atoms with E-state index >= 15 is 0 Å². The normalized spacial score (nSPS) is 11.7. The molecule has 0 fully saturated rings. The molecule has 14 heavy (non-hydrogen) atoms. The molecule has 4 nitrogen and oxygen atoms in total. The quantitative estimate of drug-likeness (QED) is 0.842. The Balaban J connectivity index is 2.69. The van der Waals surface area contributed by atoms with Gasteiger partial charge in [-0.3, -0.25) is 4.52 Å². The molecule has 0 saturated carbocycles. The molecule has 7 heteroatoms. The number of benzene rings is 1. The smallest absolute Gasteiger partial charge is 0.303 e. The average Bonchev–Trinajstić information content (AvgIpc) is 2.06. The Kier molecular flexibility index (Phi) is 4.13. The highest BCUT2D eigenvalue weighted by atomic mass is 79.9. The zero-order valence-corrected chi connectivity index (χ0v) is 10.1. The summed E-state index contributed by atoms with van der Waals surface area (Å²) < 4.78 is 15.4. The Morgan fingerprint density at radius 1 is 1.50 bits per heavy atom. The molecule has 0 atom stereocenters. The van der Waals surface area contributed by atoms with Crippen LogP contribution in [0.4, 0.5) is 0 Å². The van der Waals surface area contributed by atoms with E-state index < -0.39 is 7.82 Å². The van der Waals surface area contributed by atoms with Crippen molar-refractivity contribution in [1.82, 2.24) is 0 Å². The van der Waals surface area contributed by atoms with Gasteiger partial charge in [-0.25, -0.2) is 4.57 Å². The number of rotatable bonds is 3. The maximum Gasteiger partial charge on any atom is 0.469 e. The highest BCUT2D eigenvalue weighted by Crippen LogP contribution is 2.37. The van der Waals surface area contributed by atoms with Gasteiger partial charge in [-0.15, -0.1) is 0 Å². The molecule has 0 spiro atoms. The Morgan fingerprint density at radius 2 is 2.14 bits per heavy atom. The molecule has 0 aliphatic rings. The minimum Gasteiger partial charge on any atom is -0.303 e. The monoisotopic (exact) mass is 300 g/mol. The maximum atomic E-state index is 10.4. The third-order valence-corrected chi connectivity index (χ3v) is 3.06. The molecular formula is C7H7BrClO4P. The van der Waals surface area contributed by atoms with Gasteiger partial charge >= 0.3 is 7.82 Å². The van der Waals surface area contributed by atoms with Crippen molar-refractivity contribution in [2.75, 3.05) is 0 Å². The Hall–Kier alpha value is 0.1000. The Labute approximate surface area is 94.2 Å². The van der Waals surface area contributed by atoms with Crippen LogP contribution in [0.15, 0.2) is 22.7 Å². The minimum atomic E-state index is -4.41. The van der Waals surface area contributed by atoms with E-state index in [0.717, 1.165) is 0 Å². The molecule has 1 aromatic carbocycles. The fraction of sp³-hybridized carbons (Fsp3) is 0.143. The largest absolute Gasteiger partial charge is 0.469 e. The van der Waals surface area contributed by atoms with Crippen LogP contribution in [-0.4, -0.2) is 9.79 Å². The molecule has 0 unspecified atom stereocenters. The topological polar surface area (TPSA) is 66.8 Å². The second kappa shape index (κ2) is 4.75. The third kappa shape index (κ3) is 4.09. The molecule has 0 bridgehead atoms. The van der Waals surface area contributed by atoms with Gasteiger partial charge in [0.1, 0.15) is 0 Å². The van der Waals surface area contributed by atoms with Crippen LogP contribution in [0.5, 0.6) is 0 Å². The molecule has 0 heterocycles. The number of phosphoric ester groups is 1. The molecule has 1 rings (SSSR count). The molecule has 78 valence electrons. The molecule has 0 aliphatic heterocycles. The molecule has 2 N–H and O–H groups in total. The zero-order valence-electron chi connectivity index (χ0n) is 6.85. The third-order valence-electron chi connectivity index (χ3n) is 1.38. The van der Waals surface area contributed by atoms with Gasteiger partial charge in [-0.1, -0.05) is 17.7 Å². The second-order valence-corrected chi connectivity index (χ2v) is 5.01. The molecule has 0 aliphatic carbocycles. The van der Waals surface area contributed by atoms with Crippen LogP contribution < -0.4 is 0 Å². The van der Waals surface area contributed by atoms with Crippen LogP contribution in [0.3, 0.4) is 0 Å². The van der Waals surface area contributed by atoms with Gasteiger partial charge in [0, 0.05) is 4.47 Å². The standard InChI is InChI=1S/C7H7BrClO4P/c8-6-3-5(1-2-7(6)9)4-13-14(10,11)12/h1-3H,4H2,(H2,10,11,12). The average molecular weight is 301 g/mol. The van der Waals surface area contributed by atoms with Crippen LogP contribution in [-0.2, 0) is 15.7 Å². The van der Waals surface area contributed by atoms with Crippen molar-refractivity contribution in [3.8, 4) is 0 Å². The number of phosphoric acid groups is 1. The van der Waals surface area contributed by atoms with Crippen LogP contribution >= 0.6 is 35.4 Å².